The highest BCUT2D eigenvalue weighted by Crippen LogP contribution is 2.18. The van der Waals surface area contributed by atoms with E-state index in [4.69, 9.17) is 4.55 Å². The van der Waals surface area contributed by atoms with Crippen molar-refractivity contribution in [2.24, 2.45) is 0 Å². The average Bonchev–Trinajstić information content (AvgIpc) is 2.37. The summed E-state index contributed by atoms with van der Waals surface area (Å²) in [5.74, 6) is -1.48. The molecule has 1 amide bonds. The van der Waals surface area contributed by atoms with Crippen LogP contribution >= 0.6 is 0 Å². The summed E-state index contributed by atoms with van der Waals surface area (Å²) in [5.41, 5.74) is 0.175. The Balaban J connectivity index is 2.40. The second-order valence-corrected chi connectivity index (χ2v) is 6.30. The number of nitrogens with zero attached hydrogens (tertiary/aromatic N) is 1. The zero-order valence-electron chi connectivity index (χ0n) is 12.1. The molecule has 23 heavy (non-hydrogen) atoms. The summed E-state index contributed by atoms with van der Waals surface area (Å²) in [6.45, 7) is 1.36. The van der Waals surface area contributed by atoms with E-state index < -0.39 is 27.3 Å². The van der Waals surface area contributed by atoms with E-state index in [0.717, 1.165) is 16.7 Å². The number of anilines is 1. The van der Waals surface area contributed by atoms with E-state index in [-0.39, 0.29) is 11.5 Å². The standard InChI is InChI=1S/C14H14N2O6S/c1-9(17)15-11-2-4-12(5-3-11)16-13(18)6-10(7-14(16)19)8-23(20,21)22/h2-7,18H,8H2,1H3,(H,15,17)(H,20,21,22). The number of carbonyl (C=O) groups is 1. The van der Waals surface area contributed by atoms with Crippen LogP contribution in [0.3, 0.4) is 0 Å². The number of nitrogens with one attached hydrogen (secondary N) is 1. The summed E-state index contributed by atoms with van der Waals surface area (Å²) in [6.07, 6.45) is 0. The quantitative estimate of drug-likeness (QED) is 0.711. The minimum absolute atomic E-state index is 0.0267. The van der Waals surface area contributed by atoms with Crippen LogP contribution in [-0.2, 0) is 20.7 Å². The van der Waals surface area contributed by atoms with Gasteiger partial charge in [-0.25, -0.2) is 4.57 Å². The van der Waals surface area contributed by atoms with Crippen molar-refractivity contribution < 1.29 is 22.9 Å². The van der Waals surface area contributed by atoms with Gasteiger partial charge in [0.15, 0.2) is 5.88 Å². The van der Waals surface area contributed by atoms with Crippen LogP contribution in [0.15, 0.2) is 41.2 Å². The molecule has 2 aromatic rings. The normalized spacial score (nSPS) is 11.2. The summed E-state index contributed by atoms with van der Waals surface area (Å²) < 4.78 is 31.4. The number of amides is 1. The maximum absolute atomic E-state index is 12.1. The van der Waals surface area contributed by atoms with E-state index in [1.54, 1.807) is 12.1 Å². The van der Waals surface area contributed by atoms with Gasteiger partial charge in [0.2, 0.25) is 5.91 Å². The minimum Gasteiger partial charge on any atom is -0.494 e. The van der Waals surface area contributed by atoms with Crippen molar-refractivity contribution in [1.29, 1.82) is 0 Å². The molecule has 8 nitrogen and oxygen atoms in total. The van der Waals surface area contributed by atoms with Gasteiger partial charge >= 0.3 is 0 Å². The topological polar surface area (TPSA) is 126 Å². The predicted octanol–water partition coefficient (Wildman–Crippen LogP) is 0.889. The van der Waals surface area contributed by atoms with Crippen molar-refractivity contribution in [3.8, 4) is 11.6 Å². The molecule has 0 aliphatic rings. The van der Waals surface area contributed by atoms with Gasteiger partial charge in [-0.2, -0.15) is 8.42 Å². The zero-order chi connectivity index (χ0) is 17.2. The first-order chi connectivity index (χ1) is 10.7. The van der Waals surface area contributed by atoms with Crippen LogP contribution < -0.4 is 10.9 Å². The van der Waals surface area contributed by atoms with Crippen LogP contribution in [0.1, 0.15) is 12.5 Å². The van der Waals surface area contributed by atoms with Crippen LogP contribution in [-0.4, -0.2) is 28.6 Å². The van der Waals surface area contributed by atoms with Gasteiger partial charge in [0.25, 0.3) is 15.7 Å². The molecular formula is C14H14N2O6S. The fourth-order valence-corrected chi connectivity index (χ4v) is 2.65. The van der Waals surface area contributed by atoms with E-state index >= 15 is 0 Å². The number of aromatic hydroxyl groups is 1. The second kappa shape index (κ2) is 6.23. The van der Waals surface area contributed by atoms with Gasteiger partial charge in [0.05, 0.1) is 5.69 Å². The first-order valence-corrected chi connectivity index (χ1v) is 8.05. The lowest BCUT2D eigenvalue weighted by molar-refractivity contribution is -0.114. The largest absolute Gasteiger partial charge is 0.494 e. The van der Waals surface area contributed by atoms with Gasteiger partial charge in [-0.3, -0.25) is 14.1 Å². The number of aromatic nitrogens is 1. The molecule has 0 atom stereocenters. The zero-order valence-corrected chi connectivity index (χ0v) is 12.9. The highest BCUT2D eigenvalue weighted by atomic mass is 32.2. The monoisotopic (exact) mass is 338 g/mol. The second-order valence-electron chi connectivity index (χ2n) is 4.85. The Kier molecular flexibility index (Phi) is 4.52. The van der Waals surface area contributed by atoms with Crippen LogP contribution in [0.4, 0.5) is 5.69 Å². The molecule has 0 fully saturated rings. The molecule has 122 valence electrons. The molecule has 9 heteroatoms. The molecule has 0 aliphatic heterocycles. The van der Waals surface area contributed by atoms with E-state index in [1.807, 2.05) is 0 Å². The lowest BCUT2D eigenvalue weighted by atomic mass is 10.2. The Morgan fingerprint density at radius 2 is 1.83 bits per heavy atom. The third-order valence-electron chi connectivity index (χ3n) is 2.87. The summed E-state index contributed by atoms with van der Waals surface area (Å²) in [5, 5.41) is 12.5. The van der Waals surface area contributed by atoms with Gasteiger partial charge in [-0.15, -0.1) is 0 Å². The predicted molar refractivity (Wildman–Crippen MR) is 83.3 cm³/mol. The van der Waals surface area contributed by atoms with E-state index in [9.17, 15) is 23.1 Å². The molecule has 1 aromatic heterocycles. The minimum atomic E-state index is -4.30. The van der Waals surface area contributed by atoms with Crippen molar-refractivity contribution in [2.45, 2.75) is 12.7 Å². The lowest BCUT2D eigenvalue weighted by Gasteiger charge is -2.10. The summed E-state index contributed by atoms with van der Waals surface area (Å²) in [6, 6.07) is 8.21. The Morgan fingerprint density at radius 1 is 1.22 bits per heavy atom. The Labute approximate surface area is 131 Å². The molecule has 0 radical (unpaired) electrons. The van der Waals surface area contributed by atoms with Gasteiger partial charge < -0.3 is 10.4 Å². The SMILES string of the molecule is CC(=O)Nc1ccc(-n2c(O)cc(CS(=O)(=O)O)cc2=O)cc1. The third-order valence-corrected chi connectivity index (χ3v) is 3.57. The molecule has 0 bridgehead atoms. The van der Waals surface area contributed by atoms with Crippen LogP contribution in [0.2, 0.25) is 0 Å². The molecule has 0 spiro atoms. The van der Waals surface area contributed by atoms with E-state index in [2.05, 4.69) is 5.32 Å². The van der Waals surface area contributed by atoms with Gasteiger partial charge in [0.1, 0.15) is 5.75 Å². The fourth-order valence-electron chi connectivity index (χ4n) is 2.06. The fraction of sp³-hybridized carbons (Fsp3) is 0.143. The van der Waals surface area contributed by atoms with Crippen molar-refractivity contribution in [1.82, 2.24) is 4.57 Å². The smallest absolute Gasteiger partial charge is 0.269 e. The highest BCUT2D eigenvalue weighted by Gasteiger charge is 2.12. The van der Waals surface area contributed by atoms with Gasteiger partial charge in [-0.05, 0) is 29.8 Å². The molecule has 0 unspecified atom stereocenters. The van der Waals surface area contributed by atoms with Crippen molar-refractivity contribution in [3.05, 3.63) is 52.3 Å². The average molecular weight is 338 g/mol. The van der Waals surface area contributed by atoms with Crippen molar-refractivity contribution in [3.63, 3.8) is 0 Å². The van der Waals surface area contributed by atoms with Crippen molar-refractivity contribution in [2.75, 3.05) is 5.32 Å². The van der Waals surface area contributed by atoms with Crippen LogP contribution in [0.5, 0.6) is 5.88 Å². The number of hydrogen-bond donors (Lipinski definition) is 3. The Hall–Kier alpha value is -2.65. The lowest BCUT2D eigenvalue weighted by Crippen LogP contribution is -2.19. The maximum atomic E-state index is 12.1. The molecule has 0 saturated heterocycles. The molecular weight excluding hydrogens is 324 g/mol. The van der Waals surface area contributed by atoms with Gasteiger partial charge in [0, 0.05) is 24.7 Å². The summed E-state index contributed by atoms with van der Waals surface area (Å²) in [4.78, 5) is 23.0. The first kappa shape index (κ1) is 16.7. The number of hydrogen-bond acceptors (Lipinski definition) is 5. The van der Waals surface area contributed by atoms with Crippen LogP contribution in [0, 0.1) is 0 Å². The molecule has 3 N–H and O–H groups in total. The Bertz CT molecular complexity index is 900. The number of rotatable bonds is 4. The maximum Gasteiger partial charge on any atom is 0.269 e. The first-order valence-electron chi connectivity index (χ1n) is 6.44. The third kappa shape index (κ3) is 4.41. The molecule has 0 aliphatic carbocycles. The number of carbonyl (C=O) groups excluding carboxylic acids is 1. The molecule has 2 rings (SSSR count). The van der Waals surface area contributed by atoms with Crippen LogP contribution in [0.25, 0.3) is 5.69 Å². The van der Waals surface area contributed by atoms with E-state index in [1.165, 1.54) is 19.1 Å². The number of benzene rings is 1. The molecule has 1 heterocycles. The van der Waals surface area contributed by atoms with E-state index in [0.29, 0.717) is 11.4 Å². The molecule has 0 saturated carbocycles. The van der Waals surface area contributed by atoms with Crippen molar-refractivity contribution >= 4 is 21.7 Å². The Morgan fingerprint density at radius 3 is 2.30 bits per heavy atom. The summed E-state index contributed by atoms with van der Waals surface area (Å²) in [7, 11) is -4.30. The van der Waals surface area contributed by atoms with Gasteiger partial charge in [-0.1, -0.05) is 0 Å². The highest BCUT2D eigenvalue weighted by molar-refractivity contribution is 7.85. The summed E-state index contributed by atoms with van der Waals surface area (Å²) >= 11 is 0. The molecule has 1 aromatic carbocycles. The number of pyridine rings is 1.